The van der Waals surface area contributed by atoms with Gasteiger partial charge in [0.15, 0.2) is 11.6 Å². The SMILES string of the molecule is [N-]=[N+]=NCc1ccccc1C[C@]1(C(=O)NNCCF)N=C(c2ccc(OCCCO)cc2)O[C@H]1c1ccccc1Br. The summed E-state index contributed by atoms with van der Waals surface area (Å²) in [5.74, 6) is 0.361. The van der Waals surface area contributed by atoms with E-state index in [2.05, 4.69) is 36.8 Å². The Bertz CT molecular complexity index is 1420. The van der Waals surface area contributed by atoms with Crippen molar-refractivity contribution in [2.45, 2.75) is 31.0 Å². The first kappa shape index (κ1) is 30.0. The lowest BCUT2D eigenvalue weighted by molar-refractivity contribution is -0.130. The molecular weight excluding hydrogens is 595 g/mol. The van der Waals surface area contributed by atoms with E-state index in [9.17, 15) is 9.18 Å². The first-order valence-electron chi connectivity index (χ1n) is 13.0. The molecule has 4 rings (SSSR count). The molecule has 3 aromatic rings. The van der Waals surface area contributed by atoms with Gasteiger partial charge in [-0.05, 0) is 47.0 Å². The van der Waals surface area contributed by atoms with Gasteiger partial charge in [0, 0.05) is 46.5 Å². The van der Waals surface area contributed by atoms with Crippen molar-refractivity contribution in [3.8, 4) is 5.75 Å². The van der Waals surface area contributed by atoms with Crippen LogP contribution < -0.4 is 15.6 Å². The van der Waals surface area contributed by atoms with Gasteiger partial charge in [0.05, 0.1) is 13.2 Å². The highest BCUT2D eigenvalue weighted by Gasteiger charge is 2.54. The van der Waals surface area contributed by atoms with Gasteiger partial charge in [-0.25, -0.2) is 14.8 Å². The topological polar surface area (TPSA) is 141 Å². The van der Waals surface area contributed by atoms with Crippen LogP contribution in [0.25, 0.3) is 10.4 Å². The number of halogens is 2. The van der Waals surface area contributed by atoms with E-state index in [0.29, 0.717) is 29.9 Å². The Morgan fingerprint density at radius 2 is 1.88 bits per heavy atom. The minimum absolute atomic E-state index is 0.0372. The third-order valence-corrected chi connectivity index (χ3v) is 7.24. The zero-order valence-electron chi connectivity index (χ0n) is 22.2. The van der Waals surface area contributed by atoms with Crippen LogP contribution in [0.15, 0.2) is 87.4 Å². The number of hydrazine groups is 1. The van der Waals surface area contributed by atoms with Crippen LogP contribution >= 0.6 is 15.9 Å². The fourth-order valence-electron chi connectivity index (χ4n) is 4.53. The minimum Gasteiger partial charge on any atom is -0.494 e. The highest BCUT2D eigenvalue weighted by atomic mass is 79.9. The van der Waals surface area contributed by atoms with Crippen LogP contribution in [0.1, 0.15) is 34.8 Å². The van der Waals surface area contributed by atoms with Gasteiger partial charge in [-0.1, -0.05) is 63.5 Å². The van der Waals surface area contributed by atoms with Crippen molar-refractivity contribution in [1.82, 2.24) is 10.9 Å². The monoisotopic (exact) mass is 624 g/mol. The predicted molar refractivity (Wildman–Crippen MR) is 156 cm³/mol. The Labute approximate surface area is 245 Å². The molecule has 1 amide bonds. The molecule has 1 aliphatic rings. The highest BCUT2D eigenvalue weighted by Crippen LogP contribution is 2.45. The van der Waals surface area contributed by atoms with Crippen molar-refractivity contribution in [2.24, 2.45) is 10.1 Å². The van der Waals surface area contributed by atoms with Crippen LogP contribution in [-0.4, -0.2) is 48.9 Å². The van der Waals surface area contributed by atoms with E-state index in [1.807, 2.05) is 48.5 Å². The average molecular weight is 625 g/mol. The van der Waals surface area contributed by atoms with Crippen molar-refractivity contribution in [2.75, 3.05) is 26.4 Å². The molecule has 41 heavy (non-hydrogen) atoms. The lowest BCUT2D eigenvalue weighted by Crippen LogP contribution is -2.54. The van der Waals surface area contributed by atoms with Crippen LogP contribution in [-0.2, 0) is 22.5 Å². The average Bonchev–Trinajstić information content (AvgIpc) is 3.37. The number of nitrogens with zero attached hydrogens (tertiary/aromatic N) is 4. The van der Waals surface area contributed by atoms with Gasteiger partial charge >= 0.3 is 0 Å². The molecule has 0 aliphatic carbocycles. The van der Waals surface area contributed by atoms with Crippen molar-refractivity contribution in [3.05, 3.63) is 110 Å². The van der Waals surface area contributed by atoms with Gasteiger partial charge in [-0.15, -0.1) is 0 Å². The maximum Gasteiger partial charge on any atom is 0.266 e. The number of aliphatic hydroxyl groups excluding tert-OH is 1. The smallest absolute Gasteiger partial charge is 0.266 e. The predicted octanol–water partition coefficient (Wildman–Crippen LogP) is 5.11. The maximum atomic E-state index is 14.0. The van der Waals surface area contributed by atoms with Crippen LogP contribution in [0, 0.1) is 0 Å². The minimum atomic E-state index is -1.52. The van der Waals surface area contributed by atoms with Crippen LogP contribution in [0.4, 0.5) is 4.39 Å². The quantitative estimate of drug-likeness (QED) is 0.0751. The number of amides is 1. The molecule has 0 aromatic heterocycles. The van der Waals surface area contributed by atoms with Crippen LogP contribution in [0.5, 0.6) is 5.75 Å². The number of hydrogen-bond donors (Lipinski definition) is 3. The molecular formula is C29H30BrFN6O4. The first-order chi connectivity index (χ1) is 20.0. The van der Waals surface area contributed by atoms with Crippen molar-refractivity contribution >= 4 is 27.7 Å². The second kappa shape index (κ2) is 14.6. The Morgan fingerprint density at radius 1 is 1.15 bits per heavy atom. The largest absolute Gasteiger partial charge is 0.494 e. The van der Waals surface area contributed by atoms with E-state index in [-0.39, 0.29) is 32.0 Å². The number of hydrogen-bond acceptors (Lipinski definition) is 7. The summed E-state index contributed by atoms with van der Waals surface area (Å²) in [6.45, 7) is -0.242. The summed E-state index contributed by atoms with van der Waals surface area (Å²) in [5, 5.41) is 12.7. The van der Waals surface area contributed by atoms with Gasteiger partial charge in [-0.2, -0.15) is 0 Å². The number of azide groups is 1. The number of aliphatic imine (C=N–C) groups is 1. The summed E-state index contributed by atoms with van der Waals surface area (Å²) in [4.78, 5) is 21.8. The Hall–Kier alpha value is -3.96. The number of carbonyl (C=O) groups excluding carboxylic acids is 1. The van der Waals surface area contributed by atoms with Crippen molar-refractivity contribution in [3.63, 3.8) is 0 Å². The van der Waals surface area contributed by atoms with Gasteiger partial charge in [0.2, 0.25) is 5.90 Å². The molecule has 1 aliphatic heterocycles. The summed E-state index contributed by atoms with van der Waals surface area (Å²) in [7, 11) is 0. The normalized spacial score (nSPS) is 17.7. The summed E-state index contributed by atoms with van der Waals surface area (Å²) >= 11 is 3.60. The molecule has 0 saturated carbocycles. The summed E-state index contributed by atoms with van der Waals surface area (Å²) in [6.07, 6.45) is -0.251. The molecule has 1 heterocycles. The summed E-state index contributed by atoms with van der Waals surface area (Å²) in [6, 6.07) is 21.9. The zero-order valence-corrected chi connectivity index (χ0v) is 23.8. The fraction of sp³-hybridized carbons (Fsp3) is 0.310. The number of aliphatic hydroxyl groups is 1. The molecule has 3 N–H and O–H groups in total. The second-order valence-corrected chi connectivity index (χ2v) is 10.1. The van der Waals surface area contributed by atoms with E-state index in [1.54, 1.807) is 24.3 Å². The number of rotatable bonds is 14. The molecule has 12 heteroatoms. The standard InChI is InChI=1S/C29H30BrFN6O4/c30-25-9-4-3-8-24(25)26-29(28(39)36-33-15-14-31,18-21-6-1-2-7-22(21)19-34-37-32)35-27(41-26)20-10-12-23(13-11-20)40-17-5-16-38/h1-4,6-13,26,33,38H,5,14-19H2,(H,36,39)/t26-,29-/m0/s1. The van der Waals surface area contributed by atoms with E-state index in [4.69, 9.17) is 25.1 Å². The number of nitrogens with one attached hydrogen (secondary N) is 2. The molecule has 0 radical (unpaired) electrons. The number of ether oxygens (including phenoxy) is 2. The molecule has 214 valence electrons. The second-order valence-electron chi connectivity index (χ2n) is 9.21. The number of benzene rings is 3. The Kier molecular flexibility index (Phi) is 10.7. The maximum absolute atomic E-state index is 14.0. The van der Waals surface area contributed by atoms with Gasteiger partial charge in [0.25, 0.3) is 5.91 Å². The zero-order chi connectivity index (χ0) is 29.1. The van der Waals surface area contributed by atoms with Gasteiger partial charge < -0.3 is 14.6 Å². The summed E-state index contributed by atoms with van der Waals surface area (Å²) in [5.41, 5.74) is 15.5. The van der Waals surface area contributed by atoms with Crippen LogP contribution in [0.3, 0.4) is 0 Å². The molecule has 0 spiro atoms. The third-order valence-electron chi connectivity index (χ3n) is 6.52. The number of alkyl halides is 1. The van der Waals surface area contributed by atoms with E-state index < -0.39 is 24.2 Å². The lowest BCUT2D eigenvalue weighted by atomic mass is 9.81. The molecule has 0 saturated heterocycles. The van der Waals surface area contributed by atoms with Gasteiger partial charge in [0.1, 0.15) is 12.4 Å². The first-order valence-corrected chi connectivity index (χ1v) is 13.8. The van der Waals surface area contributed by atoms with Crippen molar-refractivity contribution in [1.29, 1.82) is 0 Å². The fourth-order valence-corrected chi connectivity index (χ4v) is 5.02. The molecule has 2 atom stereocenters. The molecule has 0 unspecified atom stereocenters. The van der Waals surface area contributed by atoms with Gasteiger partial charge in [-0.3, -0.25) is 10.2 Å². The van der Waals surface area contributed by atoms with Crippen LogP contribution in [0.2, 0.25) is 0 Å². The van der Waals surface area contributed by atoms with E-state index in [1.165, 1.54) is 0 Å². The summed E-state index contributed by atoms with van der Waals surface area (Å²) < 4.78 is 25.8. The molecule has 0 fully saturated rings. The lowest BCUT2D eigenvalue weighted by Gasteiger charge is -2.31. The molecule has 10 nitrogen and oxygen atoms in total. The molecule has 0 bridgehead atoms. The third kappa shape index (κ3) is 7.22. The van der Waals surface area contributed by atoms with Crippen molar-refractivity contribution < 1.29 is 23.8 Å². The highest BCUT2D eigenvalue weighted by molar-refractivity contribution is 9.10. The Morgan fingerprint density at radius 3 is 2.59 bits per heavy atom. The Balaban J connectivity index is 1.81. The number of carbonyl (C=O) groups is 1. The molecule has 3 aromatic carbocycles. The van der Waals surface area contributed by atoms with E-state index in [0.717, 1.165) is 15.6 Å². The van der Waals surface area contributed by atoms with E-state index >= 15 is 0 Å².